The Bertz CT molecular complexity index is 769. The molecule has 0 unspecified atom stereocenters. The number of fused-ring (bicyclic) bond motifs is 1. The quantitative estimate of drug-likeness (QED) is 0.714. The van der Waals surface area contributed by atoms with Crippen LogP contribution in [-0.4, -0.2) is 15.0 Å². The van der Waals surface area contributed by atoms with Gasteiger partial charge in [0.25, 0.3) is 0 Å². The monoisotopic (exact) mass is 346 g/mol. The summed E-state index contributed by atoms with van der Waals surface area (Å²) in [6.07, 6.45) is 5.27. The van der Waals surface area contributed by atoms with E-state index in [4.69, 9.17) is 5.73 Å². The number of halogens is 1. The molecule has 3 aromatic rings. The maximum Gasteiger partial charge on any atom is 0.192 e. The van der Waals surface area contributed by atoms with E-state index in [-0.39, 0.29) is 0 Å². The standard InChI is InChI=1S/C14H11BrN4S/c1-8-5-18-14(19-6-8)20-13-10-4-9(15)2-3-12(10)17-7-11(13)16/h2-7H,16H2,1H3. The van der Waals surface area contributed by atoms with Crippen molar-refractivity contribution < 1.29 is 0 Å². The number of nitrogens with two attached hydrogens (primary N) is 1. The third kappa shape index (κ3) is 2.62. The van der Waals surface area contributed by atoms with Crippen LogP contribution in [0.5, 0.6) is 0 Å². The Kier molecular flexibility index (Phi) is 3.58. The minimum Gasteiger partial charge on any atom is -0.397 e. The largest absolute Gasteiger partial charge is 0.397 e. The topological polar surface area (TPSA) is 64.7 Å². The Morgan fingerprint density at radius 2 is 1.85 bits per heavy atom. The highest BCUT2D eigenvalue weighted by Gasteiger charge is 2.10. The summed E-state index contributed by atoms with van der Waals surface area (Å²) in [6.45, 7) is 1.96. The number of aryl methyl sites for hydroxylation is 1. The van der Waals surface area contributed by atoms with Crippen molar-refractivity contribution in [3.05, 3.63) is 46.8 Å². The van der Waals surface area contributed by atoms with Crippen LogP contribution in [0.15, 0.2) is 51.3 Å². The zero-order chi connectivity index (χ0) is 14.1. The number of pyridine rings is 1. The summed E-state index contributed by atoms with van der Waals surface area (Å²) in [4.78, 5) is 13.9. The molecule has 20 heavy (non-hydrogen) atoms. The van der Waals surface area contributed by atoms with Crippen molar-refractivity contribution >= 4 is 44.3 Å². The van der Waals surface area contributed by atoms with Crippen molar-refractivity contribution in [3.63, 3.8) is 0 Å². The van der Waals surface area contributed by atoms with Crippen LogP contribution in [0.1, 0.15) is 5.56 Å². The van der Waals surface area contributed by atoms with Crippen LogP contribution in [0.4, 0.5) is 5.69 Å². The molecule has 2 N–H and O–H groups in total. The van der Waals surface area contributed by atoms with E-state index in [0.29, 0.717) is 10.8 Å². The fourth-order valence-electron chi connectivity index (χ4n) is 1.79. The highest BCUT2D eigenvalue weighted by Crippen LogP contribution is 2.36. The predicted molar refractivity (Wildman–Crippen MR) is 84.7 cm³/mol. The predicted octanol–water partition coefficient (Wildman–Crippen LogP) is 3.83. The number of hydrogen-bond acceptors (Lipinski definition) is 5. The minimum atomic E-state index is 0.629. The van der Waals surface area contributed by atoms with Crippen molar-refractivity contribution in [2.75, 3.05) is 5.73 Å². The second-order valence-electron chi connectivity index (χ2n) is 4.35. The highest BCUT2D eigenvalue weighted by molar-refractivity contribution is 9.10. The van der Waals surface area contributed by atoms with E-state index in [1.807, 2.05) is 25.1 Å². The highest BCUT2D eigenvalue weighted by atomic mass is 79.9. The van der Waals surface area contributed by atoms with Crippen LogP contribution in [0.2, 0.25) is 0 Å². The summed E-state index contributed by atoms with van der Waals surface area (Å²) in [6, 6.07) is 5.93. The fraction of sp³-hybridized carbons (Fsp3) is 0.0714. The van der Waals surface area contributed by atoms with E-state index in [1.165, 1.54) is 11.8 Å². The number of benzene rings is 1. The number of rotatable bonds is 2. The van der Waals surface area contributed by atoms with Crippen molar-refractivity contribution in [1.82, 2.24) is 15.0 Å². The number of nitrogen functional groups attached to an aromatic ring is 1. The van der Waals surface area contributed by atoms with Gasteiger partial charge < -0.3 is 5.73 Å². The van der Waals surface area contributed by atoms with Crippen LogP contribution < -0.4 is 5.73 Å². The average Bonchev–Trinajstić information content (AvgIpc) is 2.44. The zero-order valence-electron chi connectivity index (χ0n) is 10.7. The minimum absolute atomic E-state index is 0.629. The molecule has 3 rings (SSSR count). The Hall–Kier alpha value is -1.66. The van der Waals surface area contributed by atoms with Gasteiger partial charge in [-0.05, 0) is 42.4 Å². The number of hydrogen-bond donors (Lipinski definition) is 1. The van der Waals surface area contributed by atoms with Crippen molar-refractivity contribution in [3.8, 4) is 0 Å². The van der Waals surface area contributed by atoms with Gasteiger partial charge in [-0.1, -0.05) is 15.9 Å². The first-order valence-electron chi connectivity index (χ1n) is 5.94. The summed E-state index contributed by atoms with van der Waals surface area (Å²) in [7, 11) is 0. The lowest BCUT2D eigenvalue weighted by Gasteiger charge is -2.08. The first-order valence-corrected chi connectivity index (χ1v) is 7.54. The van der Waals surface area contributed by atoms with Crippen LogP contribution >= 0.6 is 27.7 Å². The Morgan fingerprint density at radius 1 is 1.10 bits per heavy atom. The third-order valence-electron chi connectivity index (χ3n) is 2.76. The molecule has 2 aromatic heterocycles. The SMILES string of the molecule is Cc1cnc(Sc2c(N)cnc3ccc(Br)cc23)nc1. The second-order valence-corrected chi connectivity index (χ2v) is 6.24. The molecule has 0 aliphatic rings. The van der Waals surface area contributed by atoms with Crippen LogP contribution in [0.3, 0.4) is 0 Å². The lowest BCUT2D eigenvalue weighted by atomic mass is 10.2. The van der Waals surface area contributed by atoms with E-state index >= 15 is 0 Å². The molecule has 0 radical (unpaired) electrons. The molecule has 0 aliphatic carbocycles. The number of aromatic nitrogens is 3. The molecular formula is C14H11BrN4S. The molecule has 0 amide bonds. The van der Waals surface area contributed by atoms with Gasteiger partial charge in [-0.2, -0.15) is 0 Å². The van der Waals surface area contributed by atoms with E-state index in [9.17, 15) is 0 Å². The lowest BCUT2D eigenvalue weighted by Crippen LogP contribution is -1.94. The molecule has 0 aliphatic heterocycles. The third-order valence-corrected chi connectivity index (χ3v) is 4.31. The molecule has 0 spiro atoms. The van der Waals surface area contributed by atoms with Gasteiger partial charge in [0.15, 0.2) is 5.16 Å². The summed E-state index contributed by atoms with van der Waals surface area (Å²) in [5.41, 5.74) is 8.62. The first-order chi connectivity index (χ1) is 9.63. The molecule has 0 saturated heterocycles. The smallest absolute Gasteiger partial charge is 0.192 e. The zero-order valence-corrected chi connectivity index (χ0v) is 13.1. The van der Waals surface area contributed by atoms with Gasteiger partial charge in [-0.3, -0.25) is 4.98 Å². The maximum atomic E-state index is 6.06. The summed E-state index contributed by atoms with van der Waals surface area (Å²) in [5, 5.41) is 1.67. The van der Waals surface area contributed by atoms with Gasteiger partial charge in [-0.25, -0.2) is 9.97 Å². The van der Waals surface area contributed by atoms with E-state index in [0.717, 1.165) is 25.8 Å². The molecule has 4 nitrogen and oxygen atoms in total. The van der Waals surface area contributed by atoms with Gasteiger partial charge >= 0.3 is 0 Å². The van der Waals surface area contributed by atoms with Crippen molar-refractivity contribution in [1.29, 1.82) is 0 Å². The van der Waals surface area contributed by atoms with E-state index in [1.54, 1.807) is 18.6 Å². The van der Waals surface area contributed by atoms with Crippen LogP contribution in [0, 0.1) is 6.92 Å². The summed E-state index contributed by atoms with van der Waals surface area (Å²) < 4.78 is 0.990. The fourth-order valence-corrected chi connectivity index (χ4v) is 2.99. The maximum absolute atomic E-state index is 6.06. The molecule has 0 bridgehead atoms. The van der Waals surface area contributed by atoms with Gasteiger partial charge in [0.1, 0.15) is 0 Å². The number of nitrogens with zero attached hydrogens (tertiary/aromatic N) is 3. The molecule has 1 aromatic carbocycles. The van der Waals surface area contributed by atoms with Gasteiger partial charge in [0.05, 0.1) is 17.4 Å². The van der Waals surface area contributed by atoms with Gasteiger partial charge in [-0.15, -0.1) is 0 Å². The molecule has 6 heteroatoms. The Balaban J connectivity index is 2.12. The average molecular weight is 347 g/mol. The first kappa shape index (κ1) is 13.3. The molecular weight excluding hydrogens is 336 g/mol. The molecule has 100 valence electrons. The van der Waals surface area contributed by atoms with E-state index < -0.39 is 0 Å². The normalized spacial score (nSPS) is 10.9. The van der Waals surface area contributed by atoms with Crippen LogP contribution in [0.25, 0.3) is 10.9 Å². The van der Waals surface area contributed by atoms with Crippen molar-refractivity contribution in [2.24, 2.45) is 0 Å². The van der Waals surface area contributed by atoms with Gasteiger partial charge in [0.2, 0.25) is 0 Å². The molecule has 0 saturated carbocycles. The Morgan fingerprint density at radius 3 is 2.60 bits per heavy atom. The molecule has 0 atom stereocenters. The Labute approximate surface area is 129 Å². The second kappa shape index (κ2) is 5.38. The summed E-state index contributed by atoms with van der Waals surface area (Å²) >= 11 is 4.93. The van der Waals surface area contributed by atoms with Crippen LogP contribution in [-0.2, 0) is 0 Å². The summed E-state index contributed by atoms with van der Waals surface area (Å²) in [5.74, 6) is 0. The van der Waals surface area contributed by atoms with Gasteiger partial charge in [0, 0.05) is 27.1 Å². The van der Waals surface area contributed by atoms with Crippen molar-refractivity contribution in [2.45, 2.75) is 17.0 Å². The molecule has 0 fully saturated rings. The van der Waals surface area contributed by atoms with E-state index in [2.05, 4.69) is 30.9 Å². The number of anilines is 1. The lowest BCUT2D eigenvalue weighted by molar-refractivity contribution is 0.951. The molecule has 2 heterocycles.